The highest BCUT2D eigenvalue weighted by Crippen LogP contribution is 2.27. The molecule has 0 bridgehead atoms. The Morgan fingerprint density at radius 1 is 1.30 bits per heavy atom. The fourth-order valence-corrected chi connectivity index (χ4v) is 2.97. The molecule has 0 heterocycles. The molecule has 0 radical (unpaired) electrons. The first-order chi connectivity index (χ1) is 10.9. The van der Waals surface area contributed by atoms with Gasteiger partial charge in [0.2, 0.25) is 5.91 Å². The molecule has 1 aliphatic carbocycles. The van der Waals surface area contributed by atoms with Gasteiger partial charge in [-0.3, -0.25) is 4.79 Å². The highest BCUT2D eigenvalue weighted by molar-refractivity contribution is 5.76. The summed E-state index contributed by atoms with van der Waals surface area (Å²) in [5.41, 5.74) is 6.03. The van der Waals surface area contributed by atoms with Crippen LogP contribution >= 0.6 is 0 Å². The maximum atomic E-state index is 12.4. The molecule has 0 spiro atoms. The number of aryl methyl sites for hydroxylation is 1. The minimum Gasteiger partial charge on any atom is -0.406 e. The molecule has 2 unspecified atom stereocenters. The Hall–Kier alpha value is -1.76. The van der Waals surface area contributed by atoms with Crippen molar-refractivity contribution in [3.63, 3.8) is 0 Å². The van der Waals surface area contributed by atoms with Gasteiger partial charge in [-0.05, 0) is 43.4 Å². The SMILES string of the molecule is NCC1CCCC1NC(=O)CCc1ccccc1OC(F)(F)F. The van der Waals surface area contributed by atoms with Crippen molar-refractivity contribution in [1.29, 1.82) is 0 Å². The molecule has 1 saturated carbocycles. The van der Waals surface area contributed by atoms with E-state index in [0.717, 1.165) is 19.3 Å². The Labute approximate surface area is 133 Å². The summed E-state index contributed by atoms with van der Waals surface area (Å²) in [6, 6.07) is 5.95. The van der Waals surface area contributed by atoms with Gasteiger partial charge in [0.05, 0.1) is 0 Å². The molecule has 128 valence electrons. The average Bonchev–Trinajstić information content (AvgIpc) is 2.92. The van der Waals surface area contributed by atoms with Crippen molar-refractivity contribution in [3.05, 3.63) is 29.8 Å². The number of nitrogens with two attached hydrogens (primary N) is 1. The van der Waals surface area contributed by atoms with Gasteiger partial charge in [0.1, 0.15) is 5.75 Å². The van der Waals surface area contributed by atoms with Crippen LogP contribution < -0.4 is 15.8 Å². The Bertz CT molecular complexity index is 534. The Morgan fingerprint density at radius 2 is 2.04 bits per heavy atom. The minimum atomic E-state index is -4.74. The Morgan fingerprint density at radius 3 is 2.74 bits per heavy atom. The fourth-order valence-electron chi connectivity index (χ4n) is 2.97. The Balaban J connectivity index is 1.89. The van der Waals surface area contributed by atoms with Gasteiger partial charge in [0.25, 0.3) is 0 Å². The van der Waals surface area contributed by atoms with Crippen molar-refractivity contribution in [2.24, 2.45) is 11.7 Å². The second kappa shape index (κ2) is 7.68. The van der Waals surface area contributed by atoms with Crippen molar-refractivity contribution in [1.82, 2.24) is 5.32 Å². The highest BCUT2D eigenvalue weighted by Gasteiger charge is 2.32. The number of para-hydroxylation sites is 1. The van der Waals surface area contributed by atoms with Gasteiger partial charge in [0.15, 0.2) is 0 Å². The zero-order valence-corrected chi connectivity index (χ0v) is 12.7. The topological polar surface area (TPSA) is 64.3 Å². The number of hydrogen-bond acceptors (Lipinski definition) is 3. The molecular weight excluding hydrogens is 309 g/mol. The number of halogens is 3. The van der Waals surface area contributed by atoms with Crippen molar-refractivity contribution in [2.75, 3.05) is 6.54 Å². The lowest BCUT2D eigenvalue weighted by Gasteiger charge is -2.19. The third-order valence-electron chi connectivity index (χ3n) is 4.13. The fraction of sp³-hybridized carbons (Fsp3) is 0.562. The molecule has 0 saturated heterocycles. The molecule has 2 atom stereocenters. The van der Waals surface area contributed by atoms with Gasteiger partial charge in [-0.1, -0.05) is 24.6 Å². The highest BCUT2D eigenvalue weighted by atomic mass is 19.4. The molecule has 2 rings (SSSR count). The number of rotatable bonds is 6. The summed E-state index contributed by atoms with van der Waals surface area (Å²) in [7, 11) is 0. The smallest absolute Gasteiger partial charge is 0.406 e. The predicted molar refractivity (Wildman–Crippen MR) is 79.8 cm³/mol. The molecule has 3 N–H and O–H groups in total. The van der Waals surface area contributed by atoms with Crippen LogP contribution in [0.1, 0.15) is 31.2 Å². The zero-order valence-electron chi connectivity index (χ0n) is 12.7. The van der Waals surface area contributed by atoms with Crippen molar-refractivity contribution < 1.29 is 22.7 Å². The van der Waals surface area contributed by atoms with E-state index in [2.05, 4.69) is 10.1 Å². The van der Waals surface area contributed by atoms with Gasteiger partial charge >= 0.3 is 6.36 Å². The summed E-state index contributed by atoms with van der Waals surface area (Å²) in [4.78, 5) is 12.0. The number of nitrogens with one attached hydrogen (secondary N) is 1. The normalized spacial score (nSPS) is 21.2. The molecular formula is C16H21F3N2O2. The largest absolute Gasteiger partial charge is 0.573 e. The Kier molecular flexibility index (Phi) is 5.87. The van der Waals surface area contributed by atoms with E-state index in [1.807, 2.05) is 0 Å². The molecule has 1 aromatic carbocycles. The first-order valence-electron chi connectivity index (χ1n) is 7.72. The quantitative estimate of drug-likeness (QED) is 0.843. The molecule has 1 aliphatic rings. The van der Waals surface area contributed by atoms with Crippen LogP contribution in [0.15, 0.2) is 24.3 Å². The van der Waals surface area contributed by atoms with Crippen LogP contribution in [0.3, 0.4) is 0 Å². The molecule has 1 aromatic rings. The third kappa shape index (κ3) is 5.42. The van der Waals surface area contributed by atoms with E-state index < -0.39 is 6.36 Å². The van der Waals surface area contributed by atoms with E-state index in [0.29, 0.717) is 18.0 Å². The first kappa shape index (κ1) is 17.6. The molecule has 0 aliphatic heterocycles. The number of carbonyl (C=O) groups is 1. The van der Waals surface area contributed by atoms with Crippen LogP contribution in [0.5, 0.6) is 5.75 Å². The van der Waals surface area contributed by atoms with E-state index >= 15 is 0 Å². The summed E-state index contributed by atoms with van der Waals surface area (Å²) in [5, 5.41) is 2.94. The van der Waals surface area contributed by atoms with Gasteiger partial charge in [-0.25, -0.2) is 0 Å². The summed E-state index contributed by atoms with van der Waals surface area (Å²) in [6.07, 6.45) is -1.49. The molecule has 1 amide bonds. The predicted octanol–water partition coefficient (Wildman–Crippen LogP) is 2.76. The van der Waals surface area contributed by atoms with Crippen LogP contribution in [0.25, 0.3) is 0 Å². The van der Waals surface area contributed by atoms with E-state index in [4.69, 9.17) is 5.73 Å². The molecule has 7 heteroatoms. The zero-order chi connectivity index (χ0) is 16.9. The maximum absolute atomic E-state index is 12.4. The number of carbonyl (C=O) groups excluding carboxylic acids is 1. The first-order valence-corrected chi connectivity index (χ1v) is 7.72. The lowest BCUT2D eigenvalue weighted by atomic mass is 10.0. The van der Waals surface area contributed by atoms with Crippen molar-refractivity contribution in [2.45, 2.75) is 44.5 Å². The summed E-state index contributed by atoms with van der Waals surface area (Å²) >= 11 is 0. The van der Waals surface area contributed by atoms with E-state index in [-0.39, 0.29) is 30.5 Å². The molecule has 1 fully saturated rings. The number of hydrogen-bond donors (Lipinski definition) is 2. The average molecular weight is 330 g/mol. The van der Waals surface area contributed by atoms with Gasteiger partial charge in [0, 0.05) is 12.5 Å². The lowest BCUT2D eigenvalue weighted by molar-refractivity contribution is -0.274. The van der Waals surface area contributed by atoms with Crippen LogP contribution in [-0.2, 0) is 11.2 Å². The second-order valence-corrected chi connectivity index (χ2v) is 5.76. The van der Waals surface area contributed by atoms with Gasteiger partial charge in [-0.15, -0.1) is 13.2 Å². The number of amides is 1. The minimum absolute atomic E-state index is 0.0779. The monoisotopic (exact) mass is 330 g/mol. The maximum Gasteiger partial charge on any atom is 0.573 e. The summed E-state index contributed by atoms with van der Waals surface area (Å²) in [5.74, 6) is -0.134. The standard InChI is InChI=1S/C16H21F3N2O2/c17-16(18,19)23-14-7-2-1-4-11(14)8-9-15(22)21-13-6-3-5-12(13)10-20/h1-2,4,7,12-13H,3,5-6,8-10,20H2,(H,21,22). The van der Waals surface area contributed by atoms with E-state index in [1.54, 1.807) is 6.07 Å². The van der Waals surface area contributed by atoms with Crippen molar-refractivity contribution >= 4 is 5.91 Å². The van der Waals surface area contributed by atoms with Crippen LogP contribution in [-0.4, -0.2) is 24.9 Å². The number of alkyl halides is 3. The summed E-state index contributed by atoms with van der Waals surface area (Å²) in [6.45, 7) is 0.535. The summed E-state index contributed by atoms with van der Waals surface area (Å²) < 4.78 is 41.1. The lowest BCUT2D eigenvalue weighted by Crippen LogP contribution is -2.39. The van der Waals surface area contributed by atoms with Crippen LogP contribution in [0.4, 0.5) is 13.2 Å². The molecule has 4 nitrogen and oxygen atoms in total. The van der Waals surface area contributed by atoms with Gasteiger partial charge in [-0.2, -0.15) is 0 Å². The third-order valence-corrected chi connectivity index (χ3v) is 4.13. The van der Waals surface area contributed by atoms with Crippen LogP contribution in [0, 0.1) is 5.92 Å². The molecule has 0 aromatic heterocycles. The van der Waals surface area contributed by atoms with E-state index in [1.165, 1.54) is 18.2 Å². The second-order valence-electron chi connectivity index (χ2n) is 5.76. The van der Waals surface area contributed by atoms with Gasteiger partial charge < -0.3 is 15.8 Å². The van der Waals surface area contributed by atoms with Crippen LogP contribution in [0.2, 0.25) is 0 Å². The van der Waals surface area contributed by atoms with E-state index in [9.17, 15) is 18.0 Å². The van der Waals surface area contributed by atoms with Crippen molar-refractivity contribution in [3.8, 4) is 5.75 Å². The molecule has 23 heavy (non-hydrogen) atoms. The number of benzene rings is 1. The number of ether oxygens (including phenoxy) is 1.